The Morgan fingerprint density at radius 1 is 1.44 bits per heavy atom. The highest BCUT2D eigenvalue weighted by molar-refractivity contribution is 5.12. The van der Waals surface area contributed by atoms with Gasteiger partial charge >= 0.3 is 0 Å². The number of likely N-dealkylation sites (N-methyl/N-ethyl adjacent to an activating group) is 1. The van der Waals surface area contributed by atoms with Crippen LogP contribution in [0.3, 0.4) is 0 Å². The lowest BCUT2D eigenvalue weighted by atomic mass is 9.99. The van der Waals surface area contributed by atoms with Crippen molar-refractivity contribution in [2.75, 3.05) is 14.2 Å². The van der Waals surface area contributed by atoms with Gasteiger partial charge in [-0.1, -0.05) is 0 Å². The summed E-state index contributed by atoms with van der Waals surface area (Å²) in [5, 5.41) is 3.38. The molecule has 2 atom stereocenters. The van der Waals surface area contributed by atoms with Crippen molar-refractivity contribution < 1.29 is 4.74 Å². The zero-order valence-corrected chi connectivity index (χ0v) is 10.0. The molecule has 1 heterocycles. The van der Waals surface area contributed by atoms with Crippen LogP contribution < -0.4 is 5.32 Å². The van der Waals surface area contributed by atoms with Gasteiger partial charge in [0.15, 0.2) is 0 Å². The molecule has 0 radical (unpaired) electrons. The molecule has 1 aromatic heterocycles. The molecule has 3 heteroatoms. The molecule has 0 saturated heterocycles. The van der Waals surface area contributed by atoms with Gasteiger partial charge in [0.1, 0.15) is 0 Å². The predicted octanol–water partition coefficient (Wildman–Crippen LogP) is 1.64. The van der Waals surface area contributed by atoms with Gasteiger partial charge in [-0.3, -0.25) is 4.98 Å². The Bertz CT molecular complexity index is 311. The number of rotatable bonds is 6. The van der Waals surface area contributed by atoms with E-state index < -0.39 is 0 Å². The quantitative estimate of drug-likeness (QED) is 0.791. The third kappa shape index (κ3) is 2.80. The van der Waals surface area contributed by atoms with Gasteiger partial charge in [0.2, 0.25) is 0 Å². The fourth-order valence-electron chi connectivity index (χ4n) is 2.27. The topological polar surface area (TPSA) is 34.2 Å². The molecule has 2 rings (SSSR count). The Hall–Kier alpha value is -0.930. The molecule has 1 N–H and O–H groups in total. The molecule has 88 valence electrons. The molecule has 0 aromatic carbocycles. The van der Waals surface area contributed by atoms with Crippen molar-refractivity contribution in [2.45, 2.75) is 31.4 Å². The predicted molar refractivity (Wildman–Crippen MR) is 64.3 cm³/mol. The van der Waals surface area contributed by atoms with Crippen LogP contribution in [0.15, 0.2) is 24.5 Å². The SMILES string of the molecule is CNC(Cc1ccncc1)C(OC)C1CC1. The van der Waals surface area contributed by atoms with Gasteiger partial charge in [0.25, 0.3) is 0 Å². The summed E-state index contributed by atoms with van der Waals surface area (Å²) in [6.45, 7) is 0. The number of aromatic nitrogens is 1. The molecule has 1 aliphatic rings. The van der Waals surface area contributed by atoms with Crippen LogP contribution >= 0.6 is 0 Å². The summed E-state index contributed by atoms with van der Waals surface area (Å²) in [6.07, 6.45) is 7.67. The first kappa shape index (κ1) is 11.6. The summed E-state index contributed by atoms with van der Waals surface area (Å²) in [6, 6.07) is 4.55. The van der Waals surface area contributed by atoms with Crippen LogP contribution in [-0.4, -0.2) is 31.3 Å². The molecule has 0 aliphatic heterocycles. The summed E-state index contributed by atoms with van der Waals surface area (Å²) in [5.74, 6) is 0.754. The van der Waals surface area contributed by atoms with Gasteiger partial charge in [-0.2, -0.15) is 0 Å². The minimum atomic E-state index is 0.346. The number of nitrogens with one attached hydrogen (secondary N) is 1. The highest BCUT2D eigenvalue weighted by Gasteiger charge is 2.36. The number of hydrogen-bond donors (Lipinski definition) is 1. The highest BCUT2D eigenvalue weighted by Crippen LogP contribution is 2.36. The number of methoxy groups -OCH3 is 1. The fraction of sp³-hybridized carbons (Fsp3) is 0.615. The van der Waals surface area contributed by atoms with Gasteiger partial charge in [-0.05, 0) is 49.9 Å². The monoisotopic (exact) mass is 220 g/mol. The first-order valence-corrected chi connectivity index (χ1v) is 5.94. The summed E-state index contributed by atoms with van der Waals surface area (Å²) in [4.78, 5) is 4.04. The lowest BCUT2D eigenvalue weighted by Crippen LogP contribution is -2.41. The summed E-state index contributed by atoms with van der Waals surface area (Å²) in [5.41, 5.74) is 1.32. The smallest absolute Gasteiger partial charge is 0.0755 e. The number of hydrogen-bond acceptors (Lipinski definition) is 3. The maximum atomic E-state index is 5.62. The largest absolute Gasteiger partial charge is 0.380 e. The van der Waals surface area contributed by atoms with Gasteiger partial charge in [0, 0.05) is 25.5 Å². The first-order valence-electron chi connectivity index (χ1n) is 5.94. The molecule has 1 aliphatic carbocycles. The number of pyridine rings is 1. The molecule has 0 amide bonds. The van der Waals surface area contributed by atoms with Crippen molar-refractivity contribution in [1.82, 2.24) is 10.3 Å². The third-order valence-electron chi connectivity index (χ3n) is 3.33. The zero-order chi connectivity index (χ0) is 11.4. The molecule has 2 unspecified atom stereocenters. The van der Waals surface area contributed by atoms with E-state index in [4.69, 9.17) is 4.74 Å². The standard InChI is InChI=1S/C13H20N2O/c1-14-12(13(16-2)11-3-4-11)9-10-5-7-15-8-6-10/h5-8,11-14H,3-4,9H2,1-2H3. The Morgan fingerprint density at radius 2 is 2.12 bits per heavy atom. The van der Waals surface area contributed by atoms with E-state index in [1.54, 1.807) is 0 Å². The average molecular weight is 220 g/mol. The number of ether oxygens (including phenoxy) is 1. The van der Waals surface area contributed by atoms with E-state index in [1.807, 2.05) is 26.6 Å². The molecule has 3 nitrogen and oxygen atoms in total. The Kier molecular flexibility index (Phi) is 3.91. The lowest BCUT2D eigenvalue weighted by molar-refractivity contribution is 0.0534. The second kappa shape index (κ2) is 5.41. The maximum Gasteiger partial charge on any atom is 0.0755 e. The summed E-state index contributed by atoms with van der Waals surface area (Å²) in [7, 11) is 3.83. The summed E-state index contributed by atoms with van der Waals surface area (Å²) < 4.78 is 5.62. The van der Waals surface area contributed by atoms with Crippen molar-refractivity contribution in [3.8, 4) is 0 Å². The minimum Gasteiger partial charge on any atom is -0.380 e. The van der Waals surface area contributed by atoms with Crippen molar-refractivity contribution >= 4 is 0 Å². The molecule has 1 fully saturated rings. The van der Waals surface area contributed by atoms with Crippen LogP contribution in [-0.2, 0) is 11.2 Å². The minimum absolute atomic E-state index is 0.346. The van der Waals surface area contributed by atoms with Crippen molar-refractivity contribution in [3.05, 3.63) is 30.1 Å². The van der Waals surface area contributed by atoms with E-state index in [0.29, 0.717) is 12.1 Å². The number of nitrogens with zero attached hydrogens (tertiary/aromatic N) is 1. The lowest BCUT2D eigenvalue weighted by Gasteiger charge is -2.25. The normalized spacial score (nSPS) is 19.4. The van der Waals surface area contributed by atoms with Crippen molar-refractivity contribution in [2.24, 2.45) is 5.92 Å². The fourth-order valence-corrected chi connectivity index (χ4v) is 2.27. The van der Waals surface area contributed by atoms with E-state index in [0.717, 1.165) is 12.3 Å². The third-order valence-corrected chi connectivity index (χ3v) is 3.33. The van der Waals surface area contributed by atoms with Crippen LogP contribution in [0.25, 0.3) is 0 Å². The molecule has 0 bridgehead atoms. The van der Waals surface area contributed by atoms with Crippen molar-refractivity contribution in [1.29, 1.82) is 0 Å². The van der Waals surface area contributed by atoms with Crippen LogP contribution in [0, 0.1) is 5.92 Å². The van der Waals surface area contributed by atoms with Gasteiger partial charge < -0.3 is 10.1 Å². The van der Waals surface area contributed by atoms with Gasteiger partial charge in [0.05, 0.1) is 6.10 Å². The first-order chi connectivity index (χ1) is 7.85. The highest BCUT2D eigenvalue weighted by atomic mass is 16.5. The van der Waals surface area contributed by atoms with Crippen LogP contribution in [0.4, 0.5) is 0 Å². The molecule has 1 saturated carbocycles. The zero-order valence-electron chi connectivity index (χ0n) is 10.0. The van der Waals surface area contributed by atoms with Gasteiger partial charge in [-0.25, -0.2) is 0 Å². The van der Waals surface area contributed by atoms with E-state index in [1.165, 1.54) is 18.4 Å². The molecular formula is C13H20N2O. The second-order valence-electron chi connectivity index (χ2n) is 4.49. The summed E-state index contributed by atoms with van der Waals surface area (Å²) >= 11 is 0. The molecule has 1 aromatic rings. The van der Waals surface area contributed by atoms with Crippen LogP contribution in [0.1, 0.15) is 18.4 Å². The molecular weight excluding hydrogens is 200 g/mol. The van der Waals surface area contributed by atoms with E-state index in [2.05, 4.69) is 22.4 Å². The van der Waals surface area contributed by atoms with E-state index in [-0.39, 0.29) is 0 Å². The Labute approximate surface area is 97.2 Å². The average Bonchev–Trinajstić information content (AvgIpc) is 3.14. The second-order valence-corrected chi connectivity index (χ2v) is 4.49. The molecule has 16 heavy (non-hydrogen) atoms. The van der Waals surface area contributed by atoms with Crippen molar-refractivity contribution in [3.63, 3.8) is 0 Å². The van der Waals surface area contributed by atoms with E-state index >= 15 is 0 Å². The van der Waals surface area contributed by atoms with Crippen LogP contribution in [0.5, 0.6) is 0 Å². The maximum absolute atomic E-state index is 5.62. The van der Waals surface area contributed by atoms with Gasteiger partial charge in [-0.15, -0.1) is 0 Å². The Balaban J connectivity index is 1.99. The van der Waals surface area contributed by atoms with Crippen LogP contribution in [0.2, 0.25) is 0 Å². The van der Waals surface area contributed by atoms with E-state index in [9.17, 15) is 0 Å². The Morgan fingerprint density at radius 3 is 2.62 bits per heavy atom. The molecule has 0 spiro atoms.